The molecule has 1 N–H and O–H groups in total. The second kappa shape index (κ2) is 5.97. The van der Waals surface area contributed by atoms with Crippen LogP contribution in [0.5, 0.6) is 0 Å². The fourth-order valence-corrected chi connectivity index (χ4v) is 3.20. The van der Waals surface area contributed by atoms with E-state index in [1.807, 2.05) is 6.92 Å². The summed E-state index contributed by atoms with van der Waals surface area (Å²) in [5, 5.41) is 0. The van der Waals surface area contributed by atoms with Gasteiger partial charge in [-0.25, -0.2) is 13.1 Å². The number of carbonyl (C=O) groups is 1. The van der Waals surface area contributed by atoms with Gasteiger partial charge in [0.25, 0.3) is 5.91 Å². The molecule has 0 unspecified atom stereocenters. The first-order chi connectivity index (χ1) is 9.39. The third-order valence-corrected chi connectivity index (χ3v) is 4.07. The predicted molar refractivity (Wildman–Crippen MR) is 75.0 cm³/mol. The number of furan rings is 1. The molecule has 1 aromatic heterocycles. The lowest BCUT2D eigenvalue weighted by atomic mass is 10.1. The van der Waals surface area contributed by atoms with Gasteiger partial charge in [-0.15, -0.1) is 0 Å². The SMILES string of the molecule is CCc1ccc(C(=O)N2CCC[C@@H](NS(C)(=O)=O)C2)o1. The third-order valence-electron chi connectivity index (χ3n) is 3.31. The molecule has 0 aromatic carbocycles. The van der Waals surface area contributed by atoms with Gasteiger partial charge in [0.2, 0.25) is 10.0 Å². The Labute approximate surface area is 119 Å². The second-order valence-electron chi connectivity index (χ2n) is 5.10. The van der Waals surface area contributed by atoms with E-state index < -0.39 is 10.0 Å². The topological polar surface area (TPSA) is 79.6 Å². The van der Waals surface area contributed by atoms with Crippen molar-refractivity contribution in [1.29, 1.82) is 0 Å². The van der Waals surface area contributed by atoms with Crippen LogP contribution in [0.1, 0.15) is 36.1 Å². The van der Waals surface area contributed by atoms with E-state index in [2.05, 4.69) is 4.72 Å². The summed E-state index contributed by atoms with van der Waals surface area (Å²) in [6.45, 7) is 2.97. The third kappa shape index (κ3) is 3.83. The standard InChI is InChI=1S/C13H20N2O4S/c1-3-11-6-7-12(19-11)13(16)15-8-4-5-10(9-15)14-20(2,17)18/h6-7,10,14H,3-5,8-9H2,1-2H3/t10-/m1/s1. The molecule has 7 heteroatoms. The first-order valence-corrected chi connectivity index (χ1v) is 8.63. The highest BCUT2D eigenvalue weighted by Gasteiger charge is 2.27. The molecule has 0 aliphatic carbocycles. The zero-order valence-corrected chi connectivity index (χ0v) is 12.6. The maximum atomic E-state index is 12.3. The van der Waals surface area contributed by atoms with Crippen molar-refractivity contribution in [2.24, 2.45) is 0 Å². The average molecular weight is 300 g/mol. The molecule has 0 radical (unpaired) electrons. The molecule has 1 fully saturated rings. The number of carbonyl (C=O) groups excluding carboxylic acids is 1. The summed E-state index contributed by atoms with van der Waals surface area (Å²) in [7, 11) is -3.25. The second-order valence-corrected chi connectivity index (χ2v) is 6.88. The van der Waals surface area contributed by atoms with Gasteiger partial charge >= 0.3 is 0 Å². The van der Waals surface area contributed by atoms with Gasteiger partial charge in [-0.3, -0.25) is 4.79 Å². The highest BCUT2D eigenvalue weighted by atomic mass is 32.2. The quantitative estimate of drug-likeness (QED) is 0.899. The number of aryl methyl sites for hydroxylation is 1. The minimum Gasteiger partial charge on any atom is -0.456 e. The Bertz CT molecular complexity index is 579. The van der Waals surface area contributed by atoms with E-state index in [9.17, 15) is 13.2 Å². The van der Waals surface area contributed by atoms with Crippen LogP contribution in [0.2, 0.25) is 0 Å². The number of piperidine rings is 1. The van der Waals surface area contributed by atoms with Gasteiger partial charge in [-0.2, -0.15) is 0 Å². The van der Waals surface area contributed by atoms with Crippen LogP contribution in [0, 0.1) is 0 Å². The Morgan fingerprint density at radius 3 is 2.85 bits per heavy atom. The number of amides is 1. The first-order valence-electron chi connectivity index (χ1n) is 6.74. The van der Waals surface area contributed by atoms with Crippen molar-refractivity contribution < 1.29 is 17.6 Å². The lowest BCUT2D eigenvalue weighted by Crippen LogP contribution is -2.49. The molecule has 1 aromatic rings. The number of nitrogens with zero attached hydrogens (tertiary/aromatic N) is 1. The number of sulfonamides is 1. The molecule has 1 aliphatic heterocycles. The molecular formula is C13H20N2O4S. The van der Waals surface area contributed by atoms with Crippen LogP contribution in [0.3, 0.4) is 0 Å². The van der Waals surface area contributed by atoms with Gasteiger partial charge in [-0.05, 0) is 25.0 Å². The molecular weight excluding hydrogens is 280 g/mol. The van der Waals surface area contributed by atoms with Crippen LogP contribution in [0.25, 0.3) is 0 Å². The Morgan fingerprint density at radius 2 is 2.25 bits per heavy atom. The van der Waals surface area contributed by atoms with E-state index in [0.29, 0.717) is 18.8 Å². The number of rotatable bonds is 4. The van der Waals surface area contributed by atoms with Crippen molar-refractivity contribution in [3.05, 3.63) is 23.7 Å². The highest BCUT2D eigenvalue weighted by Crippen LogP contribution is 2.16. The molecule has 2 heterocycles. The fourth-order valence-electron chi connectivity index (χ4n) is 2.40. The Balaban J connectivity index is 2.03. The molecule has 1 saturated heterocycles. The predicted octanol–water partition coefficient (Wildman–Crippen LogP) is 0.996. The summed E-state index contributed by atoms with van der Waals surface area (Å²) >= 11 is 0. The van der Waals surface area contributed by atoms with Gasteiger partial charge in [0.15, 0.2) is 5.76 Å². The molecule has 112 valence electrons. The lowest BCUT2D eigenvalue weighted by molar-refractivity contribution is 0.0669. The summed E-state index contributed by atoms with van der Waals surface area (Å²) in [5.41, 5.74) is 0. The Hall–Kier alpha value is -1.34. The van der Waals surface area contributed by atoms with Crippen LogP contribution in [-0.4, -0.2) is 44.6 Å². The Morgan fingerprint density at radius 1 is 1.50 bits per heavy atom. The molecule has 6 nitrogen and oxygen atoms in total. The fraction of sp³-hybridized carbons (Fsp3) is 0.615. The largest absolute Gasteiger partial charge is 0.456 e. The Kier molecular flexibility index (Phi) is 4.49. The number of nitrogens with one attached hydrogen (secondary N) is 1. The monoisotopic (exact) mass is 300 g/mol. The van der Waals surface area contributed by atoms with E-state index >= 15 is 0 Å². The summed E-state index contributed by atoms with van der Waals surface area (Å²) in [4.78, 5) is 13.9. The van der Waals surface area contributed by atoms with Crippen LogP contribution < -0.4 is 4.72 Å². The highest BCUT2D eigenvalue weighted by molar-refractivity contribution is 7.88. The van der Waals surface area contributed by atoms with Crippen LogP contribution in [0.4, 0.5) is 0 Å². The van der Waals surface area contributed by atoms with Gasteiger partial charge in [0.1, 0.15) is 5.76 Å². The van der Waals surface area contributed by atoms with Crippen molar-refractivity contribution in [2.75, 3.05) is 19.3 Å². The number of hydrogen-bond acceptors (Lipinski definition) is 4. The summed E-state index contributed by atoms with van der Waals surface area (Å²) in [6, 6.07) is 3.25. The van der Waals surface area contributed by atoms with Crippen molar-refractivity contribution in [1.82, 2.24) is 9.62 Å². The average Bonchev–Trinajstić information content (AvgIpc) is 2.85. The van der Waals surface area contributed by atoms with Gasteiger partial charge in [0.05, 0.1) is 6.26 Å². The molecule has 1 atom stereocenters. The minimum absolute atomic E-state index is 0.176. The lowest BCUT2D eigenvalue weighted by Gasteiger charge is -2.32. The van der Waals surface area contributed by atoms with Crippen molar-refractivity contribution >= 4 is 15.9 Å². The summed E-state index contributed by atoms with van der Waals surface area (Å²) in [6.07, 6.45) is 3.40. The van der Waals surface area contributed by atoms with Crippen molar-refractivity contribution in [3.63, 3.8) is 0 Å². The zero-order chi connectivity index (χ0) is 14.8. The molecule has 0 spiro atoms. The zero-order valence-electron chi connectivity index (χ0n) is 11.8. The maximum absolute atomic E-state index is 12.3. The first kappa shape index (κ1) is 15.1. The molecule has 1 amide bonds. The van der Waals surface area contributed by atoms with E-state index in [1.54, 1.807) is 17.0 Å². The van der Waals surface area contributed by atoms with Crippen LogP contribution >= 0.6 is 0 Å². The van der Waals surface area contributed by atoms with Crippen molar-refractivity contribution in [2.45, 2.75) is 32.2 Å². The van der Waals surface area contributed by atoms with E-state index in [4.69, 9.17) is 4.42 Å². The van der Waals surface area contributed by atoms with Crippen LogP contribution in [0.15, 0.2) is 16.5 Å². The van der Waals surface area contributed by atoms with Gasteiger partial charge < -0.3 is 9.32 Å². The summed E-state index contributed by atoms with van der Waals surface area (Å²) in [5.74, 6) is 0.919. The molecule has 0 saturated carbocycles. The van der Waals surface area contributed by atoms with Gasteiger partial charge in [-0.1, -0.05) is 6.92 Å². The number of hydrogen-bond donors (Lipinski definition) is 1. The maximum Gasteiger partial charge on any atom is 0.289 e. The minimum atomic E-state index is -3.25. The van der Waals surface area contributed by atoms with Gasteiger partial charge in [0, 0.05) is 25.6 Å². The molecule has 20 heavy (non-hydrogen) atoms. The molecule has 1 aliphatic rings. The van der Waals surface area contributed by atoms with E-state index in [1.165, 1.54) is 0 Å². The van der Waals surface area contributed by atoms with Crippen molar-refractivity contribution in [3.8, 4) is 0 Å². The smallest absolute Gasteiger partial charge is 0.289 e. The van der Waals surface area contributed by atoms with E-state index in [0.717, 1.165) is 31.3 Å². The molecule has 2 rings (SSSR count). The normalized spacial score (nSPS) is 20.1. The summed E-state index contributed by atoms with van der Waals surface area (Å²) < 4.78 is 30.5. The van der Waals surface area contributed by atoms with E-state index in [-0.39, 0.29) is 11.9 Å². The number of likely N-dealkylation sites (tertiary alicyclic amines) is 1. The molecule has 0 bridgehead atoms. The van der Waals surface area contributed by atoms with Crippen LogP contribution in [-0.2, 0) is 16.4 Å².